The molecular formula is C18H17N3O2S. The molecule has 0 aliphatic heterocycles. The van der Waals surface area contributed by atoms with Crippen LogP contribution in [0.2, 0.25) is 0 Å². The largest absolute Gasteiger partial charge is 0.483 e. The van der Waals surface area contributed by atoms with Crippen molar-refractivity contribution in [3.8, 4) is 16.2 Å². The summed E-state index contributed by atoms with van der Waals surface area (Å²) in [5.41, 5.74) is 3.94. The van der Waals surface area contributed by atoms with Crippen molar-refractivity contribution in [2.45, 2.75) is 13.8 Å². The predicted octanol–water partition coefficient (Wildman–Crippen LogP) is 3.84. The van der Waals surface area contributed by atoms with E-state index < -0.39 is 0 Å². The lowest BCUT2D eigenvalue weighted by molar-refractivity contribution is -0.118. The smallest absolute Gasteiger partial charge is 0.262 e. The molecule has 0 saturated heterocycles. The number of aromatic nitrogens is 2. The number of carbonyl (C=O) groups excluding carboxylic acids is 1. The molecule has 0 atom stereocenters. The molecule has 0 bridgehead atoms. The predicted molar refractivity (Wildman–Crippen MR) is 95.4 cm³/mol. The first kappa shape index (κ1) is 16.1. The maximum atomic E-state index is 12.0. The van der Waals surface area contributed by atoms with E-state index in [1.165, 1.54) is 17.1 Å². The minimum Gasteiger partial charge on any atom is -0.483 e. The molecule has 0 radical (unpaired) electrons. The number of nitrogens with zero attached hydrogens (tertiary/aromatic N) is 2. The molecule has 1 heterocycles. The minimum atomic E-state index is -0.192. The van der Waals surface area contributed by atoms with E-state index in [0.717, 1.165) is 27.4 Å². The Bertz CT molecular complexity index is 830. The summed E-state index contributed by atoms with van der Waals surface area (Å²) in [5.74, 6) is 0.533. The van der Waals surface area contributed by atoms with E-state index in [1.807, 2.05) is 56.3 Å². The van der Waals surface area contributed by atoms with Crippen molar-refractivity contribution >= 4 is 23.1 Å². The molecular weight excluding hydrogens is 322 g/mol. The van der Waals surface area contributed by atoms with Gasteiger partial charge in [0.1, 0.15) is 5.75 Å². The molecule has 0 unspecified atom stereocenters. The SMILES string of the molecule is Cc1ccc(OCC(=O)Nc2ccc(-c3cnns3)cc2)c(C)c1. The number of hydrogen-bond donors (Lipinski definition) is 1. The van der Waals surface area contributed by atoms with Gasteiger partial charge in [-0.3, -0.25) is 4.79 Å². The van der Waals surface area contributed by atoms with Gasteiger partial charge in [0, 0.05) is 5.69 Å². The van der Waals surface area contributed by atoms with Crippen molar-refractivity contribution < 1.29 is 9.53 Å². The van der Waals surface area contributed by atoms with Crippen LogP contribution in [0.5, 0.6) is 5.75 Å². The summed E-state index contributed by atoms with van der Waals surface area (Å²) in [7, 11) is 0. The Morgan fingerprint density at radius 2 is 1.96 bits per heavy atom. The van der Waals surface area contributed by atoms with Gasteiger partial charge >= 0.3 is 0 Å². The van der Waals surface area contributed by atoms with Gasteiger partial charge < -0.3 is 10.1 Å². The fourth-order valence-corrected chi connectivity index (χ4v) is 2.83. The molecule has 0 fully saturated rings. The standard InChI is InChI=1S/C18H17N3O2S/c1-12-3-8-16(13(2)9-12)23-11-18(22)20-15-6-4-14(5-7-15)17-10-19-21-24-17/h3-10H,11H2,1-2H3,(H,20,22). The van der Waals surface area contributed by atoms with Crippen LogP contribution in [0.3, 0.4) is 0 Å². The zero-order valence-corrected chi connectivity index (χ0v) is 14.3. The van der Waals surface area contributed by atoms with Crippen LogP contribution in [0.1, 0.15) is 11.1 Å². The Labute approximate surface area is 144 Å². The van der Waals surface area contributed by atoms with Crippen LogP contribution < -0.4 is 10.1 Å². The number of anilines is 1. The van der Waals surface area contributed by atoms with E-state index in [9.17, 15) is 4.79 Å². The van der Waals surface area contributed by atoms with E-state index >= 15 is 0 Å². The van der Waals surface area contributed by atoms with Gasteiger partial charge in [-0.1, -0.05) is 34.3 Å². The molecule has 24 heavy (non-hydrogen) atoms. The topological polar surface area (TPSA) is 64.1 Å². The van der Waals surface area contributed by atoms with Gasteiger partial charge in [-0.15, -0.1) is 5.10 Å². The molecule has 1 N–H and O–H groups in total. The maximum Gasteiger partial charge on any atom is 0.262 e. The van der Waals surface area contributed by atoms with Gasteiger partial charge in [0.2, 0.25) is 0 Å². The van der Waals surface area contributed by atoms with Crippen molar-refractivity contribution in [1.29, 1.82) is 0 Å². The Morgan fingerprint density at radius 3 is 2.62 bits per heavy atom. The summed E-state index contributed by atoms with van der Waals surface area (Å²) in [4.78, 5) is 13.0. The lowest BCUT2D eigenvalue weighted by Crippen LogP contribution is -2.20. The third-order valence-electron chi connectivity index (χ3n) is 3.50. The molecule has 0 aliphatic rings. The zero-order valence-electron chi connectivity index (χ0n) is 13.4. The monoisotopic (exact) mass is 339 g/mol. The minimum absolute atomic E-state index is 0.0234. The second-order valence-corrected chi connectivity index (χ2v) is 6.25. The van der Waals surface area contributed by atoms with Gasteiger partial charge in [-0.25, -0.2) is 0 Å². The fraction of sp³-hybridized carbons (Fsp3) is 0.167. The van der Waals surface area contributed by atoms with Gasteiger partial charge in [-0.05, 0) is 54.7 Å². The van der Waals surface area contributed by atoms with E-state index in [4.69, 9.17) is 4.74 Å². The zero-order chi connectivity index (χ0) is 16.9. The molecule has 0 spiro atoms. The number of benzene rings is 2. The highest BCUT2D eigenvalue weighted by Crippen LogP contribution is 2.23. The summed E-state index contributed by atoms with van der Waals surface area (Å²) in [6, 6.07) is 13.4. The van der Waals surface area contributed by atoms with Crippen molar-refractivity contribution in [1.82, 2.24) is 9.59 Å². The number of aryl methyl sites for hydroxylation is 2. The molecule has 6 heteroatoms. The van der Waals surface area contributed by atoms with E-state index in [-0.39, 0.29) is 12.5 Å². The summed E-state index contributed by atoms with van der Waals surface area (Å²) >= 11 is 1.34. The van der Waals surface area contributed by atoms with E-state index in [0.29, 0.717) is 0 Å². The number of carbonyl (C=O) groups is 1. The molecule has 1 aromatic heterocycles. The highest BCUT2D eigenvalue weighted by atomic mass is 32.1. The Morgan fingerprint density at radius 1 is 1.17 bits per heavy atom. The Balaban J connectivity index is 1.56. The van der Waals surface area contributed by atoms with Gasteiger partial charge in [0.15, 0.2) is 6.61 Å². The fourth-order valence-electron chi connectivity index (χ4n) is 2.31. The van der Waals surface area contributed by atoms with Crippen LogP contribution in [0.4, 0.5) is 5.69 Å². The molecule has 2 aromatic carbocycles. The molecule has 3 rings (SSSR count). The number of rotatable bonds is 5. The highest BCUT2D eigenvalue weighted by Gasteiger charge is 2.07. The maximum absolute atomic E-state index is 12.0. The second-order valence-electron chi connectivity index (χ2n) is 5.46. The molecule has 5 nitrogen and oxygen atoms in total. The second kappa shape index (κ2) is 7.23. The first-order valence-electron chi connectivity index (χ1n) is 7.49. The summed E-state index contributed by atoms with van der Waals surface area (Å²) in [5, 5.41) is 6.64. The molecule has 0 aliphatic carbocycles. The van der Waals surface area contributed by atoms with Crippen LogP contribution >= 0.6 is 11.5 Å². The number of hydrogen-bond acceptors (Lipinski definition) is 5. The number of amides is 1. The Kier molecular flexibility index (Phi) is 4.86. The average Bonchev–Trinajstić information content (AvgIpc) is 3.09. The first-order valence-corrected chi connectivity index (χ1v) is 8.27. The Hall–Kier alpha value is -2.73. The summed E-state index contributed by atoms with van der Waals surface area (Å²) < 4.78 is 9.42. The van der Waals surface area contributed by atoms with Crippen molar-refractivity contribution in [3.05, 3.63) is 59.8 Å². The van der Waals surface area contributed by atoms with Crippen LogP contribution in [0, 0.1) is 13.8 Å². The van der Waals surface area contributed by atoms with Crippen LogP contribution in [0.15, 0.2) is 48.7 Å². The molecule has 1 amide bonds. The van der Waals surface area contributed by atoms with Gasteiger partial charge in [-0.2, -0.15) is 0 Å². The van der Waals surface area contributed by atoms with Crippen LogP contribution in [0.25, 0.3) is 10.4 Å². The number of ether oxygens (including phenoxy) is 1. The highest BCUT2D eigenvalue weighted by molar-refractivity contribution is 7.09. The van der Waals surface area contributed by atoms with Crippen molar-refractivity contribution in [2.75, 3.05) is 11.9 Å². The van der Waals surface area contributed by atoms with E-state index in [2.05, 4.69) is 14.9 Å². The third kappa shape index (κ3) is 3.97. The van der Waals surface area contributed by atoms with Gasteiger partial charge in [0.05, 0.1) is 11.1 Å². The lowest BCUT2D eigenvalue weighted by Gasteiger charge is -2.10. The number of nitrogens with one attached hydrogen (secondary N) is 1. The molecule has 122 valence electrons. The molecule has 0 saturated carbocycles. The van der Waals surface area contributed by atoms with Crippen molar-refractivity contribution in [2.24, 2.45) is 0 Å². The molecule has 3 aromatic rings. The average molecular weight is 339 g/mol. The van der Waals surface area contributed by atoms with Crippen LogP contribution in [-0.4, -0.2) is 22.1 Å². The van der Waals surface area contributed by atoms with E-state index in [1.54, 1.807) is 6.20 Å². The van der Waals surface area contributed by atoms with Gasteiger partial charge in [0.25, 0.3) is 5.91 Å². The van der Waals surface area contributed by atoms with Crippen LogP contribution in [-0.2, 0) is 4.79 Å². The van der Waals surface area contributed by atoms with Crippen molar-refractivity contribution in [3.63, 3.8) is 0 Å². The lowest BCUT2D eigenvalue weighted by atomic mass is 10.1. The third-order valence-corrected chi connectivity index (χ3v) is 4.22. The summed E-state index contributed by atoms with van der Waals surface area (Å²) in [6.45, 7) is 3.97. The summed E-state index contributed by atoms with van der Waals surface area (Å²) in [6.07, 6.45) is 1.72. The first-order chi connectivity index (χ1) is 11.6. The normalized spacial score (nSPS) is 10.4. The quantitative estimate of drug-likeness (QED) is 0.767.